The first-order valence-electron chi connectivity index (χ1n) is 11.5. The number of hydrogen-bond donors (Lipinski definition) is 0. The lowest BCUT2D eigenvalue weighted by Crippen LogP contribution is -2.36. The minimum atomic E-state index is 0.217. The van der Waals surface area contributed by atoms with Gasteiger partial charge in [-0.05, 0) is 36.3 Å². The van der Waals surface area contributed by atoms with Crippen LogP contribution in [0.4, 0.5) is 0 Å². The summed E-state index contributed by atoms with van der Waals surface area (Å²) in [6.45, 7) is 10.7. The highest BCUT2D eigenvalue weighted by atomic mass is 16.2. The van der Waals surface area contributed by atoms with E-state index in [0.717, 1.165) is 44.8 Å². The quantitative estimate of drug-likeness (QED) is 0.699. The van der Waals surface area contributed by atoms with Crippen LogP contribution < -0.4 is 0 Å². The van der Waals surface area contributed by atoms with Crippen LogP contribution in [0.2, 0.25) is 0 Å². The summed E-state index contributed by atoms with van der Waals surface area (Å²) in [5, 5.41) is 0. The smallest absolute Gasteiger partial charge is 0.223 e. The average molecular weight is 409 g/mol. The average Bonchev–Trinajstić information content (AvgIpc) is 3.39. The van der Waals surface area contributed by atoms with E-state index in [-0.39, 0.29) is 6.04 Å². The molecule has 2 aliphatic heterocycles. The van der Waals surface area contributed by atoms with Gasteiger partial charge in [0.1, 0.15) is 5.82 Å². The molecular formula is C25H36N4O. The molecule has 0 N–H and O–H groups in total. The molecule has 1 aromatic carbocycles. The summed E-state index contributed by atoms with van der Waals surface area (Å²) < 4.78 is 2.11. The summed E-state index contributed by atoms with van der Waals surface area (Å²) in [5.41, 5.74) is 2.64. The Labute approximate surface area is 181 Å². The van der Waals surface area contributed by atoms with Gasteiger partial charge in [0, 0.05) is 64.4 Å². The normalized spacial score (nSPS) is 24.0. The molecule has 3 heterocycles. The number of nitrogens with zero attached hydrogens (tertiary/aromatic N) is 4. The SMILES string of the molecule is Cc1ccccc1[C@@H]1[C@H]2CN(CCc3nccn3C)C[C@H]2CN1C(=O)CCC(C)C. The number of likely N-dealkylation sites (tertiary alicyclic amines) is 2. The number of amides is 1. The minimum absolute atomic E-state index is 0.217. The van der Waals surface area contributed by atoms with Crippen LogP contribution in [0.25, 0.3) is 0 Å². The van der Waals surface area contributed by atoms with Gasteiger partial charge in [0.2, 0.25) is 5.91 Å². The molecular weight excluding hydrogens is 372 g/mol. The van der Waals surface area contributed by atoms with Crippen molar-refractivity contribution >= 4 is 5.91 Å². The number of benzene rings is 1. The topological polar surface area (TPSA) is 41.4 Å². The van der Waals surface area contributed by atoms with E-state index in [1.165, 1.54) is 11.1 Å². The molecule has 0 spiro atoms. The third kappa shape index (κ3) is 4.31. The van der Waals surface area contributed by atoms with Crippen molar-refractivity contribution in [1.29, 1.82) is 0 Å². The summed E-state index contributed by atoms with van der Waals surface area (Å²) in [4.78, 5) is 22.5. The fourth-order valence-corrected chi connectivity index (χ4v) is 5.34. The van der Waals surface area contributed by atoms with E-state index in [1.807, 2.05) is 12.4 Å². The van der Waals surface area contributed by atoms with Crippen molar-refractivity contribution in [3.8, 4) is 0 Å². The first-order chi connectivity index (χ1) is 14.4. The number of hydrogen-bond acceptors (Lipinski definition) is 3. The zero-order valence-electron chi connectivity index (χ0n) is 18.9. The minimum Gasteiger partial charge on any atom is -0.338 e. The molecule has 0 saturated carbocycles. The summed E-state index contributed by atoms with van der Waals surface area (Å²) >= 11 is 0. The predicted molar refractivity (Wildman–Crippen MR) is 120 cm³/mol. The van der Waals surface area contributed by atoms with E-state index in [4.69, 9.17) is 0 Å². The monoisotopic (exact) mass is 408 g/mol. The standard InChI is InChI=1S/C25H36N4O/c1-18(2)9-10-24(30)29-16-20-15-28(13-11-23-26-12-14-27(23)4)17-22(20)25(29)21-8-6-5-7-19(21)3/h5-8,12,14,18,20,22,25H,9-11,13,15-17H2,1-4H3/t20-,22-,25+/m0/s1. The van der Waals surface area contributed by atoms with E-state index in [9.17, 15) is 4.79 Å². The lowest BCUT2D eigenvalue weighted by Gasteiger charge is -2.31. The van der Waals surface area contributed by atoms with E-state index >= 15 is 0 Å². The second kappa shape index (κ2) is 8.93. The molecule has 1 aromatic heterocycles. The highest BCUT2D eigenvalue weighted by molar-refractivity contribution is 5.77. The van der Waals surface area contributed by atoms with Crippen LogP contribution in [0.1, 0.15) is 49.7 Å². The number of fused-ring (bicyclic) bond motifs is 1. The lowest BCUT2D eigenvalue weighted by atomic mass is 9.87. The van der Waals surface area contributed by atoms with Crippen LogP contribution in [0.3, 0.4) is 0 Å². The number of rotatable bonds is 7. The van der Waals surface area contributed by atoms with Crippen LogP contribution in [-0.2, 0) is 18.3 Å². The number of aryl methyl sites for hydroxylation is 2. The Hall–Kier alpha value is -2.14. The van der Waals surface area contributed by atoms with Gasteiger partial charge in [0.05, 0.1) is 6.04 Å². The van der Waals surface area contributed by atoms with Gasteiger partial charge < -0.3 is 14.4 Å². The maximum absolute atomic E-state index is 13.2. The molecule has 2 saturated heterocycles. The van der Waals surface area contributed by atoms with Crippen molar-refractivity contribution in [2.75, 3.05) is 26.2 Å². The fourth-order valence-electron chi connectivity index (χ4n) is 5.34. The Morgan fingerprint density at radius 1 is 1.20 bits per heavy atom. The van der Waals surface area contributed by atoms with Crippen LogP contribution >= 0.6 is 0 Å². The molecule has 1 amide bonds. The lowest BCUT2D eigenvalue weighted by molar-refractivity contribution is -0.133. The van der Waals surface area contributed by atoms with Crippen molar-refractivity contribution in [3.05, 3.63) is 53.6 Å². The van der Waals surface area contributed by atoms with Gasteiger partial charge in [-0.1, -0.05) is 38.1 Å². The third-order valence-corrected chi connectivity index (χ3v) is 7.08. The van der Waals surface area contributed by atoms with E-state index in [2.05, 4.69) is 71.4 Å². The van der Waals surface area contributed by atoms with Crippen LogP contribution in [0, 0.1) is 24.7 Å². The highest BCUT2D eigenvalue weighted by Crippen LogP contribution is 2.46. The first-order valence-corrected chi connectivity index (χ1v) is 11.5. The number of aromatic nitrogens is 2. The Morgan fingerprint density at radius 3 is 2.70 bits per heavy atom. The molecule has 0 bridgehead atoms. The summed E-state index contributed by atoms with van der Waals surface area (Å²) in [6, 6.07) is 8.87. The zero-order chi connectivity index (χ0) is 21.3. The van der Waals surface area contributed by atoms with Gasteiger partial charge in [-0.2, -0.15) is 0 Å². The maximum Gasteiger partial charge on any atom is 0.223 e. The van der Waals surface area contributed by atoms with Gasteiger partial charge in [-0.25, -0.2) is 4.98 Å². The van der Waals surface area contributed by atoms with Gasteiger partial charge in [0.25, 0.3) is 0 Å². The van der Waals surface area contributed by atoms with E-state index < -0.39 is 0 Å². The highest BCUT2D eigenvalue weighted by Gasteiger charge is 2.49. The third-order valence-electron chi connectivity index (χ3n) is 7.08. The summed E-state index contributed by atoms with van der Waals surface area (Å²) in [6.07, 6.45) is 6.52. The largest absolute Gasteiger partial charge is 0.338 e. The van der Waals surface area contributed by atoms with E-state index in [0.29, 0.717) is 30.1 Å². The molecule has 5 nitrogen and oxygen atoms in total. The van der Waals surface area contributed by atoms with Gasteiger partial charge >= 0.3 is 0 Å². The number of carbonyl (C=O) groups is 1. The molecule has 0 unspecified atom stereocenters. The van der Waals surface area contributed by atoms with Gasteiger partial charge in [-0.15, -0.1) is 0 Å². The summed E-state index contributed by atoms with van der Waals surface area (Å²) in [5.74, 6) is 3.14. The van der Waals surface area contributed by atoms with Crippen LogP contribution in [0.5, 0.6) is 0 Å². The maximum atomic E-state index is 13.2. The first kappa shape index (κ1) is 21.1. The molecule has 2 aromatic rings. The second-order valence-electron chi connectivity index (χ2n) is 9.67. The molecule has 4 rings (SSSR count). The molecule has 2 aliphatic rings. The molecule has 162 valence electrons. The second-order valence-corrected chi connectivity index (χ2v) is 9.67. The van der Waals surface area contributed by atoms with Crippen LogP contribution in [-0.4, -0.2) is 51.4 Å². The summed E-state index contributed by atoms with van der Waals surface area (Å²) in [7, 11) is 2.07. The van der Waals surface area contributed by atoms with Crippen molar-refractivity contribution < 1.29 is 4.79 Å². The number of carbonyl (C=O) groups excluding carboxylic acids is 1. The molecule has 0 aliphatic carbocycles. The Kier molecular flexibility index (Phi) is 6.28. The van der Waals surface area contributed by atoms with Crippen LogP contribution in [0.15, 0.2) is 36.7 Å². The Morgan fingerprint density at radius 2 is 2.00 bits per heavy atom. The van der Waals surface area contributed by atoms with Crippen molar-refractivity contribution in [1.82, 2.24) is 19.4 Å². The predicted octanol–water partition coefficient (Wildman–Crippen LogP) is 3.84. The van der Waals surface area contributed by atoms with Crippen molar-refractivity contribution in [2.24, 2.45) is 24.8 Å². The van der Waals surface area contributed by atoms with Crippen molar-refractivity contribution in [3.63, 3.8) is 0 Å². The van der Waals surface area contributed by atoms with E-state index in [1.54, 1.807) is 0 Å². The molecule has 3 atom stereocenters. The molecule has 2 fully saturated rings. The van der Waals surface area contributed by atoms with Gasteiger partial charge in [0.15, 0.2) is 0 Å². The zero-order valence-corrected chi connectivity index (χ0v) is 18.9. The molecule has 30 heavy (non-hydrogen) atoms. The molecule has 0 radical (unpaired) electrons. The number of imidazole rings is 1. The Balaban J connectivity index is 1.49. The fraction of sp³-hybridized carbons (Fsp3) is 0.600. The Bertz CT molecular complexity index is 874. The molecule has 5 heteroatoms. The van der Waals surface area contributed by atoms with Crippen molar-refractivity contribution in [2.45, 2.75) is 46.1 Å². The van der Waals surface area contributed by atoms with Gasteiger partial charge in [-0.3, -0.25) is 4.79 Å².